The first-order valence-electron chi connectivity index (χ1n) is 7.67. The van der Waals surface area contributed by atoms with Gasteiger partial charge in [-0.25, -0.2) is 9.67 Å². The Morgan fingerprint density at radius 2 is 2.09 bits per heavy atom. The molecule has 0 spiro atoms. The normalized spacial score (nSPS) is 12.2. The lowest BCUT2D eigenvalue weighted by molar-refractivity contribution is 0.0895. The first-order chi connectivity index (χ1) is 11.0. The Labute approximate surface area is 141 Å². The molecule has 122 valence electrons. The fourth-order valence-electron chi connectivity index (χ4n) is 2.36. The van der Waals surface area contributed by atoms with Crippen LogP contribution in [0.3, 0.4) is 0 Å². The highest BCUT2D eigenvalue weighted by Gasteiger charge is 2.15. The molecule has 0 bridgehead atoms. The summed E-state index contributed by atoms with van der Waals surface area (Å²) >= 11 is 6.31. The molecule has 3 aromatic rings. The molecule has 0 aliphatic heterocycles. The van der Waals surface area contributed by atoms with E-state index in [-0.39, 0.29) is 0 Å². The van der Waals surface area contributed by atoms with Gasteiger partial charge in [-0.2, -0.15) is 5.10 Å². The van der Waals surface area contributed by atoms with Gasteiger partial charge in [0.1, 0.15) is 18.2 Å². The van der Waals surface area contributed by atoms with Gasteiger partial charge in [0.2, 0.25) is 0 Å². The van der Waals surface area contributed by atoms with Crippen molar-refractivity contribution < 1.29 is 4.74 Å². The summed E-state index contributed by atoms with van der Waals surface area (Å²) < 4.78 is 9.73. The van der Waals surface area contributed by atoms with Gasteiger partial charge >= 0.3 is 0 Å². The summed E-state index contributed by atoms with van der Waals surface area (Å²) in [6, 6.07) is 6.83. The van der Waals surface area contributed by atoms with Crippen molar-refractivity contribution in [3.8, 4) is 5.82 Å². The van der Waals surface area contributed by atoms with E-state index in [4.69, 9.17) is 16.3 Å². The van der Waals surface area contributed by atoms with Crippen molar-refractivity contribution in [3.05, 3.63) is 41.8 Å². The highest BCUT2D eigenvalue weighted by Crippen LogP contribution is 2.27. The van der Waals surface area contributed by atoms with Gasteiger partial charge in [-0.1, -0.05) is 31.2 Å². The van der Waals surface area contributed by atoms with E-state index in [1.54, 1.807) is 23.1 Å². The average molecular weight is 349 g/mol. The molecule has 3 rings (SSSR count). The van der Waals surface area contributed by atoms with Crippen LogP contribution in [0.1, 0.15) is 0 Å². The van der Waals surface area contributed by atoms with E-state index in [9.17, 15) is 0 Å². The minimum absolute atomic E-state index is 0.441. The lowest BCUT2D eigenvalue weighted by atomic mass is 10.3. The lowest BCUT2D eigenvalue weighted by Gasteiger charge is -2.16. The zero-order chi connectivity index (χ0) is 16.4. The van der Waals surface area contributed by atoms with Gasteiger partial charge in [0.05, 0.1) is 5.02 Å². The minimum atomic E-state index is -1.10. The van der Waals surface area contributed by atoms with Crippen LogP contribution in [0.2, 0.25) is 30.7 Å². The SMILES string of the molecule is C[Si](C)(C)CCOCn1c(-n2cccn2)cc2c(Cl)ccnc21. The summed E-state index contributed by atoms with van der Waals surface area (Å²) in [6.45, 7) is 8.23. The van der Waals surface area contributed by atoms with Gasteiger partial charge in [0, 0.05) is 38.7 Å². The van der Waals surface area contributed by atoms with Gasteiger partial charge in [-0.3, -0.25) is 4.57 Å². The number of aromatic nitrogens is 4. The van der Waals surface area contributed by atoms with Crippen LogP contribution in [-0.4, -0.2) is 34.0 Å². The number of pyridine rings is 1. The predicted molar refractivity (Wildman–Crippen MR) is 96.0 cm³/mol. The van der Waals surface area contributed by atoms with Crippen LogP contribution in [0, 0.1) is 0 Å². The predicted octanol–water partition coefficient (Wildman–Crippen LogP) is 4.19. The van der Waals surface area contributed by atoms with Crippen molar-refractivity contribution in [3.63, 3.8) is 0 Å². The maximum absolute atomic E-state index is 6.31. The summed E-state index contributed by atoms with van der Waals surface area (Å²) in [7, 11) is -1.10. The number of rotatable bonds is 6. The van der Waals surface area contributed by atoms with E-state index >= 15 is 0 Å². The van der Waals surface area contributed by atoms with E-state index in [0.717, 1.165) is 29.5 Å². The maximum Gasteiger partial charge on any atom is 0.144 e. The fraction of sp³-hybridized carbons (Fsp3) is 0.375. The van der Waals surface area contributed by atoms with Crippen molar-refractivity contribution in [1.82, 2.24) is 19.3 Å². The Morgan fingerprint density at radius 3 is 2.78 bits per heavy atom. The zero-order valence-corrected chi connectivity index (χ0v) is 15.4. The molecule has 0 aliphatic carbocycles. The van der Waals surface area contributed by atoms with Crippen LogP contribution in [0.15, 0.2) is 36.8 Å². The summed E-state index contributed by atoms with van der Waals surface area (Å²) in [5.41, 5.74) is 0.816. The van der Waals surface area contributed by atoms with E-state index in [1.165, 1.54) is 0 Å². The van der Waals surface area contributed by atoms with Gasteiger partial charge in [-0.15, -0.1) is 0 Å². The van der Waals surface area contributed by atoms with Crippen molar-refractivity contribution in [1.29, 1.82) is 0 Å². The number of hydrogen-bond acceptors (Lipinski definition) is 3. The molecule has 0 saturated carbocycles. The molecule has 3 aromatic heterocycles. The molecule has 0 atom stereocenters. The largest absolute Gasteiger partial charge is 0.361 e. The second-order valence-electron chi connectivity index (χ2n) is 6.76. The molecule has 3 heterocycles. The third kappa shape index (κ3) is 3.65. The zero-order valence-electron chi connectivity index (χ0n) is 13.7. The second kappa shape index (κ2) is 6.47. The van der Waals surface area contributed by atoms with E-state index in [1.807, 2.05) is 22.9 Å². The fourth-order valence-corrected chi connectivity index (χ4v) is 3.31. The number of hydrogen-bond donors (Lipinski definition) is 0. The Hall–Kier alpha value is -1.63. The molecule has 0 unspecified atom stereocenters. The molecule has 0 aliphatic rings. The topological polar surface area (TPSA) is 44.9 Å². The van der Waals surface area contributed by atoms with Crippen LogP contribution in [-0.2, 0) is 11.5 Å². The molecule has 0 radical (unpaired) electrons. The highest BCUT2D eigenvalue weighted by molar-refractivity contribution is 6.76. The van der Waals surface area contributed by atoms with Crippen LogP contribution in [0.25, 0.3) is 16.9 Å². The Morgan fingerprint density at radius 1 is 1.26 bits per heavy atom. The Kier molecular flexibility index (Phi) is 4.56. The van der Waals surface area contributed by atoms with Crippen LogP contribution < -0.4 is 0 Å². The van der Waals surface area contributed by atoms with Gasteiger partial charge in [-0.05, 0) is 24.2 Å². The van der Waals surface area contributed by atoms with Crippen molar-refractivity contribution in [2.75, 3.05) is 6.61 Å². The number of fused-ring (bicyclic) bond motifs is 1. The quantitative estimate of drug-likeness (QED) is 0.495. The third-order valence-corrected chi connectivity index (χ3v) is 5.71. The van der Waals surface area contributed by atoms with E-state index < -0.39 is 8.07 Å². The molecule has 0 fully saturated rings. The monoisotopic (exact) mass is 348 g/mol. The summed E-state index contributed by atoms with van der Waals surface area (Å²) in [4.78, 5) is 4.47. The van der Waals surface area contributed by atoms with Gasteiger partial charge < -0.3 is 4.74 Å². The molecule has 7 heteroatoms. The van der Waals surface area contributed by atoms with Crippen molar-refractivity contribution >= 4 is 30.7 Å². The van der Waals surface area contributed by atoms with E-state index in [0.29, 0.717) is 11.8 Å². The van der Waals surface area contributed by atoms with Crippen LogP contribution in [0.4, 0.5) is 0 Å². The Balaban J connectivity index is 1.91. The second-order valence-corrected chi connectivity index (χ2v) is 12.8. The number of halogens is 1. The molecule has 23 heavy (non-hydrogen) atoms. The first kappa shape index (κ1) is 16.2. The summed E-state index contributed by atoms with van der Waals surface area (Å²) in [5, 5.41) is 5.91. The third-order valence-electron chi connectivity index (χ3n) is 3.68. The van der Waals surface area contributed by atoms with Gasteiger partial charge in [0.25, 0.3) is 0 Å². The first-order valence-corrected chi connectivity index (χ1v) is 11.8. The maximum atomic E-state index is 6.31. The van der Waals surface area contributed by atoms with E-state index in [2.05, 4.69) is 29.7 Å². The molecule has 0 saturated heterocycles. The van der Waals surface area contributed by atoms with Crippen LogP contribution in [0.5, 0.6) is 0 Å². The summed E-state index contributed by atoms with van der Waals surface area (Å²) in [5.74, 6) is 0.901. The summed E-state index contributed by atoms with van der Waals surface area (Å²) in [6.07, 6.45) is 5.37. The molecule has 0 aromatic carbocycles. The number of nitrogens with zero attached hydrogens (tertiary/aromatic N) is 4. The molecule has 0 N–H and O–H groups in total. The van der Waals surface area contributed by atoms with Gasteiger partial charge in [0.15, 0.2) is 0 Å². The smallest absolute Gasteiger partial charge is 0.144 e. The molecular weight excluding hydrogens is 328 g/mol. The molecule has 0 amide bonds. The Bertz CT molecular complexity index is 792. The number of ether oxygens (including phenoxy) is 1. The van der Waals surface area contributed by atoms with Crippen molar-refractivity contribution in [2.24, 2.45) is 0 Å². The lowest BCUT2D eigenvalue weighted by Crippen LogP contribution is -2.22. The molecule has 5 nitrogen and oxygen atoms in total. The van der Waals surface area contributed by atoms with Crippen LogP contribution >= 0.6 is 11.6 Å². The average Bonchev–Trinajstić information content (AvgIpc) is 3.11. The standard InChI is InChI=1S/C16H21ClN4OSi/c1-23(2,3)10-9-22-12-20-15(21-8-4-6-19-21)11-13-14(17)5-7-18-16(13)20/h4-8,11H,9-10,12H2,1-3H3. The molecular formula is C16H21ClN4OSi. The van der Waals surface area contributed by atoms with Crippen molar-refractivity contribution in [2.45, 2.75) is 32.4 Å². The highest BCUT2D eigenvalue weighted by atomic mass is 35.5. The minimum Gasteiger partial charge on any atom is -0.361 e.